The minimum Gasteiger partial charge on any atom is -0.493 e. The lowest BCUT2D eigenvalue weighted by Gasteiger charge is -2.18. The Morgan fingerprint density at radius 1 is 1.40 bits per heavy atom. The van der Waals surface area contributed by atoms with Crippen LogP contribution in [-0.2, 0) is 4.79 Å². The quantitative estimate of drug-likeness (QED) is 0.776. The van der Waals surface area contributed by atoms with Gasteiger partial charge in [0.1, 0.15) is 0 Å². The molecule has 1 aliphatic carbocycles. The third-order valence-electron chi connectivity index (χ3n) is 3.67. The van der Waals surface area contributed by atoms with Gasteiger partial charge in [0.25, 0.3) is 0 Å². The number of benzene rings is 1. The highest BCUT2D eigenvalue weighted by Gasteiger charge is 2.34. The summed E-state index contributed by atoms with van der Waals surface area (Å²) in [4.78, 5) is 22.2. The number of carboxylic acids is 1. The van der Waals surface area contributed by atoms with Crippen molar-refractivity contribution in [2.45, 2.75) is 25.2 Å². The topological polar surface area (TPSA) is 72.8 Å². The summed E-state index contributed by atoms with van der Waals surface area (Å²) in [5.74, 6) is 0.318. The predicted octanol–water partition coefficient (Wildman–Crippen LogP) is 2.48. The zero-order valence-corrected chi connectivity index (χ0v) is 11.6. The minimum atomic E-state index is -0.829. The first kappa shape index (κ1) is 14.4. The van der Waals surface area contributed by atoms with Crippen molar-refractivity contribution in [3.8, 4) is 11.5 Å². The molecule has 1 aromatic rings. The molecule has 108 valence electrons. The van der Waals surface area contributed by atoms with Gasteiger partial charge in [-0.25, -0.2) is 0 Å². The monoisotopic (exact) mass is 278 g/mol. The number of methoxy groups -OCH3 is 2. The second-order valence-corrected chi connectivity index (χ2v) is 5.01. The van der Waals surface area contributed by atoms with Crippen LogP contribution in [0, 0.1) is 5.92 Å². The summed E-state index contributed by atoms with van der Waals surface area (Å²) >= 11 is 0. The van der Waals surface area contributed by atoms with Crippen LogP contribution in [0.5, 0.6) is 11.5 Å². The molecule has 20 heavy (non-hydrogen) atoms. The molecule has 1 fully saturated rings. The van der Waals surface area contributed by atoms with Crippen molar-refractivity contribution >= 4 is 12.3 Å². The van der Waals surface area contributed by atoms with Crippen LogP contribution in [-0.4, -0.2) is 31.6 Å². The number of aldehydes is 1. The standard InChI is InChI=1S/C15H18O5/c1-19-13-6-10(5-11(8-16)15(13)20-2)12(7-14(17)18)9-3-4-9/h5-6,8-9,12H,3-4,7H2,1-2H3,(H,17,18). The highest BCUT2D eigenvalue weighted by Crippen LogP contribution is 2.46. The lowest BCUT2D eigenvalue weighted by Crippen LogP contribution is -2.09. The SMILES string of the molecule is COc1cc(C(CC(=O)O)C2CC2)cc(C=O)c1OC. The van der Waals surface area contributed by atoms with Crippen LogP contribution in [0.2, 0.25) is 0 Å². The summed E-state index contributed by atoms with van der Waals surface area (Å²) in [6.45, 7) is 0. The minimum absolute atomic E-state index is 0.0679. The molecule has 0 aliphatic heterocycles. The average Bonchev–Trinajstić information content (AvgIpc) is 3.27. The summed E-state index contributed by atoms with van der Waals surface area (Å²) in [7, 11) is 2.97. The Balaban J connectivity index is 2.43. The summed E-state index contributed by atoms with van der Waals surface area (Å²) < 4.78 is 10.4. The van der Waals surface area contributed by atoms with Gasteiger partial charge in [0.2, 0.25) is 0 Å². The third kappa shape index (κ3) is 2.92. The van der Waals surface area contributed by atoms with E-state index in [2.05, 4.69) is 0 Å². The van der Waals surface area contributed by atoms with Crippen molar-refractivity contribution in [3.63, 3.8) is 0 Å². The first-order valence-corrected chi connectivity index (χ1v) is 6.53. The lowest BCUT2D eigenvalue weighted by molar-refractivity contribution is -0.137. The van der Waals surface area contributed by atoms with Crippen molar-refractivity contribution < 1.29 is 24.2 Å². The van der Waals surface area contributed by atoms with Crippen LogP contribution >= 0.6 is 0 Å². The van der Waals surface area contributed by atoms with Crippen molar-refractivity contribution in [3.05, 3.63) is 23.3 Å². The van der Waals surface area contributed by atoms with Gasteiger partial charge in [-0.3, -0.25) is 9.59 Å². The first-order valence-electron chi connectivity index (χ1n) is 6.53. The molecule has 1 aliphatic rings. The van der Waals surface area contributed by atoms with E-state index in [-0.39, 0.29) is 12.3 Å². The smallest absolute Gasteiger partial charge is 0.303 e. The van der Waals surface area contributed by atoms with E-state index in [4.69, 9.17) is 14.6 Å². The number of rotatable bonds is 7. The lowest BCUT2D eigenvalue weighted by atomic mass is 9.89. The van der Waals surface area contributed by atoms with Crippen molar-refractivity contribution in [1.82, 2.24) is 0 Å². The van der Waals surface area contributed by atoms with E-state index in [1.54, 1.807) is 12.1 Å². The molecule has 2 rings (SSSR count). The Bertz CT molecular complexity index is 519. The largest absolute Gasteiger partial charge is 0.493 e. The van der Waals surface area contributed by atoms with Crippen LogP contribution in [0.3, 0.4) is 0 Å². The summed E-state index contributed by atoms with van der Waals surface area (Å²) in [5, 5.41) is 9.05. The zero-order chi connectivity index (χ0) is 14.7. The molecule has 1 saturated carbocycles. The molecule has 0 bridgehead atoms. The Morgan fingerprint density at radius 3 is 2.55 bits per heavy atom. The van der Waals surface area contributed by atoms with Crippen molar-refractivity contribution in [1.29, 1.82) is 0 Å². The fourth-order valence-corrected chi connectivity index (χ4v) is 2.56. The first-order chi connectivity index (χ1) is 9.60. The number of aliphatic carboxylic acids is 1. The van der Waals surface area contributed by atoms with Crippen molar-refractivity contribution in [2.75, 3.05) is 14.2 Å². The number of carbonyl (C=O) groups is 2. The number of carboxylic acid groups (broad SMARTS) is 1. The maximum atomic E-state index is 11.2. The van der Waals surface area contributed by atoms with E-state index in [9.17, 15) is 9.59 Å². The molecule has 0 saturated heterocycles. The van der Waals surface area contributed by atoms with Gasteiger partial charge in [-0.05, 0) is 42.4 Å². The Kier molecular flexibility index (Phi) is 4.27. The Labute approximate surface area is 117 Å². The molecule has 1 unspecified atom stereocenters. The number of carbonyl (C=O) groups excluding carboxylic acids is 1. The molecule has 0 heterocycles. The third-order valence-corrected chi connectivity index (χ3v) is 3.67. The fraction of sp³-hybridized carbons (Fsp3) is 0.467. The average molecular weight is 278 g/mol. The molecule has 0 aromatic heterocycles. The van der Waals surface area contributed by atoms with Crippen LogP contribution in [0.4, 0.5) is 0 Å². The summed E-state index contributed by atoms with van der Waals surface area (Å²) in [6, 6.07) is 3.48. The second kappa shape index (κ2) is 5.94. The summed E-state index contributed by atoms with van der Waals surface area (Å²) in [6.07, 6.45) is 2.83. The number of ether oxygens (including phenoxy) is 2. The molecular weight excluding hydrogens is 260 g/mol. The van der Waals surface area contributed by atoms with E-state index in [1.807, 2.05) is 0 Å². The van der Waals surface area contributed by atoms with Crippen LogP contribution in [0.15, 0.2) is 12.1 Å². The molecule has 5 nitrogen and oxygen atoms in total. The van der Waals surface area contributed by atoms with Crippen LogP contribution in [0.1, 0.15) is 41.1 Å². The molecule has 0 radical (unpaired) electrons. The van der Waals surface area contributed by atoms with Gasteiger partial charge in [0.15, 0.2) is 17.8 Å². The van der Waals surface area contributed by atoms with Gasteiger partial charge >= 0.3 is 5.97 Å². The van der Waals surface area contributed by atoms with Crippen LogP contribution < -0.4 is 9.47 Å². The number of hydrogen-bond donors (Lipinski definition) is 1. The molecule has 0 amide bonds. The van der Waals surface area contributed by atoms with Crippen molar-refractivity contribution in [2.24, 2.45) is 5.92 Å². The molecule has 0 spiro atoms. The van der Waals surface area contributed by atoms with E-state index in [1.165, 1.54) is 14.2 Å². The Hall–Kier alpha value is -2.04. The molecule has 5 heteroatoms. The van der Waals surface area contributed by atoms with E-state index in [0.717, 1.165) is 18.4 Å². The summed E-state index contributed by atoms with van der Waals surface area (Å²) in [5.41, 5.74) is 1.22. The van der Waals surface area contributed by atoms with Gasteiger partial charge in [-0.2, -0.15) is 0 Å². The molecule has 1 aromatic carbocycles. The molecule has 1 atom stereocenters. The van der Waals surface area contributed by atoms with E-state index < -0.39 is 5.97 Å². The van der Waals surface area contributed by atoms with Gasteiger partial charge < -0.3 is 14.6 Å². The van der Waals surface area contributed by atoms with Crippen LogP contribution in [0.25, 0.3) is 0 Å². The van der Waals surface area contributed by atoms with E-state index >= 15 is 0 Å². The van der Waals surface area contributed by atoms with Gasteiger partial charge in [-0.15, -0.1) is 0 Å². The maximum absolute atomic E-state index is 11.2. The van der Waals surface area contributed by atoms with Gasteiger partial charge in [0.05, 0.1) is 26.2 Å². The normalized spacial score (nSPS) is 15.5. The van der Waals surface area contributed by atoms with Gasteiger partial charge in [0, 0.05) is 0 Å². The molecule has 1 N–H and O–H groups in total. The zero-order valence-electron chi connectivity index (χ0n) is 11.6. The second-order valence-electron chi connectivity index (χ2n) is 5.01. The highest BCUT2D eigenvalue weighted by molar-refractivity contribution is 5.82. The van der Waals surface area contributed by atoms with E-state index in [0.29, 0.717) is 29.3 Å². The maximum Gasteiger partial charge on any atom is 0.303 e. The number of hydrogen-bond acceptors (Lipinski definition) is 4. The molecular formula is C15H18O5. The van der Waals surface area contributed by atoms with Gasteiger partial charge in [-0.1, -0.05) is 0 Å². The Morgan fingerprint density at radius 2 is 2.10 bits per heavy atom. The fourth-order valence-electron chi connectivity index (χ4n) is 2.56. The highest BCUT2D eigenvalue weighted by atomic mass is 16.5. The predicted molar refractivity (Wildman–Crippen MR) is 72.7 cm³/mol.